The van der Waals surface area contributed by atoms with Gasteiger partial charge in [0.15, 0.2) is 5.82 Å². The van der Waals surface area contributed by atoms with E-state index in [4.69, 9.17) is 4.74 Å². The minimum absolute atomic E-state index is 0.360. The average molecular weight is 405 g/mol. The Kier molecular flexibility index (Phi) is 4.72. The lowest BCUT2D eigenvalue weighted by Crippen LogP contribution is -1.97. The third kappa shape index (κ3) is 3.16. The zero-order chi connectivity index (χ0) is 14.7. The van der Waals surface area contributed by atoms with E-state index in [1.54, 1.807) is 18.2 Å². The number of alkyl halides is 1. The number of nitrogens with zero attached hydrogens (tertiary/aromatic N) is 1. The third-order valence-corrected chi connectivity index (χ3v) is 3.62. The molecule has 7 heteroatoms. The molecule has 0 N–H and O–H groups in total. The van der Waals surface area contributed by atoms with E-state index in [2.05, 4.69) is 31.9 Å². The van der Waals surface area contributed by atoms with Crippen LogP contribution in [0.2, 0.25) is 0 Å². The summed E-state index contributed by atoms with van der Waals surface area (Å²) in [6, 6.07) is 8.72. The number of hydrogen-bond acceptors (Lipinski definition) is 3. The monoisotopic (exact) mass is 403 g/mol. The minimum atomic E-state index is -0.775. The van der Waals surface area contributed by atoms with Crippen LogP contribution < -0.4 is 4.74 Å². The van der Waals surface area contributed by atoms with Gasteiger partial charge in [-0.3, -0.25) is 10.1 Å². The standard InChI is InChI=1S/C13H8Br2FNO3/c14-7-8-6-9(15)4-5-12(8)20-13-10(16)2-1-3-11(13)17(18)19/h1-6H,7H2. The molecular weight excluding hydrogens is 397 g/mol. The number of halogens is 3. The second kappa shape index (κ2) is 6.32. The first-order chi connectivity index (χ1) is 9.52. The van der Waals surface area contributed by atoms with Gasteiger partial charge in [0.1, 0.15) is 5.75 Å². The molecule has 2 aromatic rings. The first kappa shape index (κ1) is 14.9. The molecule has 0 atom stereocenters. The zero-order valence-corrected chi connectivity index (χ0v) is 13.1. The summed E-state index contributed by atoms with van der Waals surface area (Å²) in [6.45, 7) is 0. The summed E-state index contributed by atoms with van der Waals surface area (Å²) in [6.07, 6.45) is 0. The van der Waals surface area contributed by atoms with Crippen molar-refractivity contribution in [3.05, 3.63) is 62.4 Å². The van der Waals surface area contributed by atoms with Crippen LogP contribution in [0.3, 0.4) is 0 Å². The van der Waals surface area contributed by atoms with Crippen molar-refractivity contribution in [1.82, 2.24) is 0 Å². The zero-order valence-electron chi connectivity index (χ0n) is 9.98. The highest BCUT2D eigenvalue weighted by molar-refractivity contribution is 9.10. The van der Waals surface area contributed by atoms with Crippen LogP contribution in [0.25, 0.3) is 0 Å². The third-order valence-electron chi connectivity index (χ3n) is 2.52. The minimum Gasteiger partial charge on any atom is -0.447 e. The van der Waals surface area contributed by atoms with E-state index in [0.717, 1.165) is 16.1 Å². The molecular formula is C13H8Br2FNO3. The van der Waals surface area contributed by atoms with Gasteiger partial charge in [0, 0.05) is 21.4 Å². The van der Waals surface area contributed by atoms with Crippen molar-refractivity contribution in [3.8, 4) is 11.5 Å². The Morgan fingerprint density at radius 2 is 2.05 bits per heavy atom. The Balaban J connectivity index is 2.47. The highest BCUT2D eigenvalue weighted by Gasteiger charge is 2.21. The molecule has 4 nitrogen and oxygen atoms in total. The SMILES string of the molecule is O=[N+]([O-])c1cccc(F)c1Oc1ccc(Br)cc1CBr. The van der Waals surface area contributed by atoms with Crippen molar-refractivity contribution < 1.29 is 14.1 Å². The van der Waals surface area contributed by atoms with Crippen LogP contribution in [0.5, 0.6) is 11.5 Å². The van der Waals surface area contributed by atoms with Crippen molar-refractivity contribution >= 4 is 37.5 Å². The fourth-order valence-electron chi connectivity index (χ4n) is 1.60. The second-order valence-electron chi connectivity index (χ2n) is 3.83. The summed E-state index contributed by atoms with van der Waals surface area (Å²) in [5, 5.41) is 11.4. The van der Waals surface area contributed by atoms with Gasteiger partial charge in [0.2, 0.25) is 5.75 Å². The number of para-hydroxylation sites is 1. The highest BCUT2D eigenvalue weighted by Crippen LogP contribution is 2.36. The molecule has 0 aliphatic carbocycles. The van der Waals surface area contributed by atoms with Crippen LogP contribution in [0.4, 0.5) is 10.1 Å². The van der Waals surface area contributed by atoms with Gasteiger partial charge in [0.25, 0.3) is 0 Å². The van der Waals surface area contributed by atoms with Gasteiger partial charge in [-0.2, -0.15) is 0 Å². The van der Waals surface area contributed by atoms with Crippen LogP contribution >= 0.6 is 31.9 Å². The fraction of sp³-hybridized carbons (Fsp3) is 0.0769. The number of hydrogen-bond donors (Lipinski definition) is 0. The molecule has 0 fully saturated rings. The quantitative estimate of drug-likeness (QED) is 0.400. The van der Waals surface area contributed by atoms with Crippen LogP contribution in [-0.2, 0) is 5.33 Å². The van der Waals surface area contributed by atoms with Gasteiger partial charge in [-0.1, -0.05) is 37.9 Å². The number of nitro benzene ring substituents is 1. The number of rotatable bonds is 4. The largest absolute Gasteiger partial charge is 0.447 e. The van der Waals surface area contributed by atoms with E-state index in [9.17, 15) is 14.5 Å². The Bertz CT molecular complexity index is 664. The summed E-state index contributed by atoms with van der Waals surface area (Å²) in [4.78, 5) is 10.2. The van der Waals surface area contributed by atoms with E-state index < -0.39 is 16.4 Å². The van der Waals surface area contributed by atoms with E-state index >= 15 is 0 Å². The lowest BCUT2D eigenvalue weighted by Gasteiger charge is -2.10. The van der Waals surface area contributed by atoms with Crippen LogP contribution in [0.15, 0.2) is 40.9 Å². The molecule has 0 amide bonds. The van der Waals surface area contributed by atoms with Crippen molar-refractivity contribution in [2.24, 2.45) is 0 Å². The summed E-state index contributed by atoms with van der Waals surface area (Å²) < 4.78 is 20.0. The molecule has 0 radical (unpaired) electrons. The molecule has 0 aliphatic heterocycles. The maximum absolute atomic E-state index is 13.8. The number of nitro groups is 1. The summed E-state index contributed by atoms with van der Waals surface area (Å²) in [7, 11) is 0. The molecule has 0 aromatic heterocycles. The van der Waals surface area contributed by atoms with Gasteiger partial charge in [0.05, 0.1) is 4.92 Å². The van der Waals surface area contributed by atoms with Crippen molar-refractivity contribution in [1.29, 1.82) is 0 Å². The molecule has 0 heterocycles. The molecule has 0 bridgehead atoms. The predicted octanol–water partition coefficient (Wildman–Crippen LogP) is 5.18. The predicted molar refractivity (Wildman–Crippen MR) is 79.9 cm³/mol. The van der Waals surface area contributed by atoms with Crippen LogP contribution in [0, 0.1) is 15.9 Å². The maximum atomic E-state index is 13.8. The van der Waals surface area contributed by atoms with Gasteiger partial charge in [-0.15, -0.1) is 0 Å². The highest BCUT2D eigenvalue weighted by atomic mass is 79.9. The van der Waals surface area contributed by atoms with Gasteiger partial charge < -0.3 is 4.74 Å². The van der Waals surface area contributed by atoms with Gasteiger partial charge in [-0.25, -0.2) is 4.39 Å². The van der Waals surface area contributed by atoms with Crippen LogP contribution in [0.1, 0.15) is 5.56 Å². The molecule has 104 valence electrons. The molecule has 0 saturated carbocycles. The summed E-state index contributed by atoms with van der Waals surface area (Å²) in [5.74, 6) is -0.803. The molecule has 20 heavy (non-hydrogen) atoms. The molecule has 0 unspecified atom stereocenters. The molecule has 0 saturated heterocycles. The van der Waals surface area contributed by atoms with Gasteiger partial charge in [-0.05, 0) is 24.3 Å². The van der Waals surface area contributed by atoms with Crippen molar-refractivity contribution in [2.75, 3.05) is 0 Å². The Hall–Kier alpha value is -1.47. The topological polar surface area (TPSA) is 52.4 Å². The van der Waals surface area contributed by atoms with E-state index in [0.29, 0.717) is 11.1 Å². The van der Waals surface area contributed by atoms with E-state index in [1.165, 1.54) is 12.1 Å². The average Bonchev–Trinajstić information content (AvgIpc) is 2.42. The van der Waals surface area contributed by atoms with E-state index in [1.807, 2.05) is 0 Å². The molecule has 0 aliphatic rings. The normalized spacial score (nSPS) is 10.3. The molecule has 2 rings (SSSR count). The van der Waals surface area contributed by atoms with Crippen molar-refractivity contribution in [3.63, 3.8) is 0 Å². The second-order valence-corrected chi connectivity index (χ2v) is 5.31. The number of ether oxygens (including phenoxy) is 1. The van der Waals surface area contributed by atoms with Crippen LogP contribution in [-0.4, -0.2) is 4.92 Å². The van der Waals surface area contributed by atoms with Gasteiger partial charge >= 0.3 is 5.69 Å². The smallest absolute Gasteiger partial charge is 0.314 e. The fourth-order valence-corrected chi connectivity index (χ4v) is 2.45. The summed E-state index contributed by atoms with van der Waals surface area (Å²) in [5.41, 5.74) is 0.338. The summed E-state index contributed by atoms with van der Waals surface area (Å²) >= 11 is 6.61. The lowest BCUT2D eigenvalue weighted by molar-refractivity contribution is -0.385. The maximum Gasteiger partial charge on any atom is 0.314 e. The first-order valence-electron chi connectivity index (χ1n) is 5.48. The Morgan fingerprint density at radius 3 is 2.70 bits per heavy atom. The Labute approximate surface area is 131 Å². The van der Waals surface area contributed by atoms with E-state index in [-0.39, 0.29) is 5.75 Å². The Morgan fingerprint density at radius 1 is 1.30 bits per heavy atom. The molecule has 2 aromatic carbocycles. The molecule has 0 spiro atoms. The first-order valence-corrected chi connectivity index (χ1v) is 7.39. The number of benzene rings is 2. The lowest BCUT2D eigenvalue weighted by atomic mass is 10.2. The van der Waals surface area contributed by atoms with Crippen molar-refractivity contribution in [2.45, 2.75) is 5.33 Å².